The van der Waals surface area contributed by atoms with E-state index in [1.54, 1.807) is 18.5 Å². The first kappa shape index (κ1) is 17.1. The van der Waals surface area contributed by atoms with Gasteiger partial charge in [-0.2, -0.15) is 0 Å². The van der Waals surface area contributed by atoms with E-state index in [1.807, 2.05) is 42.0 Å². The molecule has 138 valence electrons. The summed E-state index contributed by atoms with van der Waals surface area (Å²) in [5.74, 6) is 2.86. The van der Waals surface area contributed by atoms with Crippen molar-refractivity contribution in [1.82, 2.24) is 24.7 Å². The van der Waals surface area contributed by atoms with Gasteiger partial charge in [0, 0.05) is 31.7 Å². The van der Waals surface area contributed by atoms with Gasteiger partial charge in [0.15, 0.2) is 11.6 Å². The molecule has 3 aromatic heterocycles. The summed E-state index contributed by atoms with van der Waals surface area (Å²) in [6, 6.07) is 9.34. The van der Waals surface area contributed by atoms with Gasteiger partial charge in [-0.05, 0) is 44.0 Å². The number of imidazole rings is 1. The number of carbonyl (C=O) groups excluding carboxylic acids is 1. The number of rotatable bonds is 4. The molecular formula is C19H21N7O. The minimum atomic E-state index is -0.0990. The molecule has 1 aliphatic rings. The molecule has 1 unspecified atom stereocenters. The molecule has 4 rings (SSSR count). The summed E-state index contributed by atoms with van der Waals surface area (Å²) in [4.78, 5) is 23.0. The van der Waals surface area contributed by atoms with Gasteiger partial charge >= 0.3 is 0 Å². The molecule has 0 aromatic carbocycles. The molecule has 1 N–H and O–H groups in total. The highest BCUT2D eigenvalue weighted by Crippen LogP contribution is 2.23. The van der Waals surface area contributed by atoms with Gasteiger partial charge in [-0.25, -0.2) is 9.97 Å². The number of carbonyl (C=O) groups is 1. The predicted molar refractivity (Wildman–Crippen MR) is 102 cm³/mol. The number of amides is 1. The number of piperidine rings is 1. The van der Waals surface area contributed by atoms with Gasteiger partial charge in [0.05, 0.1) is 5.92 Å². The minimum Gasteiger partial charge on any atom is -0.354 e. The Labute approximate surface area is 157 Å². The predicted octanol–water partition coefficient (Wildman–Crippen LogP) is 2.22. The lowest BCUT2D eigenvalue weighted by Crippen LogP contribution is -2.41. The van der Waals surface area contributed by atoms with Gasteiger partial charge in [-0.1, -0.05) is 6.07 Å². The van der Waals surface area contributed by atoms with E-state index >= 15 is 0 Å². The number of hydrogen-bond donors (Lipinski definition) is 1. The average Bonchev–Trinajstić information content (AvgIpc) is 3.15. The van der Waals surface area contributed by atoms with Crippen molar-refractivity contribution in [1.29, 1.82) is 0 Å². The third kappa shape index (κ3) is 3.79. The zero-order valence-corrected chi connectivity index (χ0v) is 15.1. The van der Waals surface area contributed by atoms with Gasteiger partial charge < -0.3 is 10.2 Å². The number of aryl methyl sites for hydroxylation is 1. The minimum absolute atomic E-state index is 0.00276. The number of anilines is 2. The van der Waals surface area contributed by atoms with Crippen LogP contribution in [0.4, 0.5) is 11.6 Å². The van der Waals surface area contributed by atoms with Gasteiger partial charge in [-0.15, -0.1) is 10.2 Å². The fraction of sp³-hybridized carbons (Fsp3) is 0.316. The monoisotopic (exact) mass is 363 g/mol. The van der Waals surface area contributed by atoms with E-state index < -0.39 is 0 Å². The van der Waals surface area contributed by atoms with E-state index in [4.69, 9.17) is 0 Å². The highest BCUT2D eigenvalue weighted by molar-refractivity contribution is 5.92. The molecule has 1 amide bonds. The lowest BCUT2D eigenvalue weighted by atomic mass is 9.97. The maximum absolute atomic E-state index is 12.6. The number of nitrogens with zero attached hydrogens (tertiary/aromatic N) is 6. The van der Waals surface area contributed by atoms with Crippen molar-refractivity contribution in [2.45, 2.75) is 19.8 Å². The summed E-state index contributed by atoms with van der Waals surface area (Å²) < 4.78 is 1.89. The Bertz CT molecular complexity index is 907. The van der Waals surface area contributed by atoms with Gasteiger partial charge in [0.2, 0.25) is 5.91 Å². The summed E-state index contributed by atoms with van der Waals surface area (Å²) in [5, 5.41) is 11.6. The highest BCUT2D eigenvalue weighted by atomic mass is 16.2. The molecule has 1 fully saturated rings. The molecule has 0 radical (unpaired) electrons. The molecule has 0 spiro atoms. The second kappa shape index (κ2) is 7.53. The SMILES string of the molecule is Cc1nccn1-c1ccc(N2CCCC(C(=O)Nc3ccccn3)C2)nn1. The van der Waals surface area contributed by atoms with Crippen molar-refractivity contribution in [3.05, 3.63) is 54.7 Å². The smallest absolute Gasteiger partial charge is 0.230 e. The van der Waals surface area contributed by atoms with Gasteiger partial charge in [0.1, 0.15) is 11.6 Å². The van der Waals surface area contributed by atoms with Crippen molar-refractivity contribution < 1.29 is 4.79 Å². The van der Waals surface area contributed by atoms with Crippen LogP contribution in [0.2, 0.25) is 0 Å². The van der Waals surface area contributed by atoms with E-state index in [2.05, 4.69) is 30.4 Å². The number of nitrogens with one attached hydrogen (secondary N) is 1. The molecule has 1 atom stereocenters. The molecule has 0 bridgehead atoms. The van der Waals surface area contributed by atoms with Gasteiger partial charge in [-0.3, -0.25) is 9.36 Å². The summed E-state index contributed by atoms with van der Waals surface area (Å²) in [6.07, 6.45) is 7.06. The van der Waals surface area contributed by atoms with E-state index in [-0.39, 0.29) is 11.8 Å². The molecule has 0 saturated carbocycles. The normalized spacial score (nSPS) is 16.9. The lowest BCUT2D eigenvalue weighted by molar-refractivity contribution is -0.120. The third-order valence-electron chi connectivity index (χ3n) is 4.74. The fourth-order valence-electron chi connectivity index (χ4n) is 3.30. The quantitative estimate of drug-likeness (QED) is 0.765. The topological polar surface area (TPSA) is 88.8 Å². The Hall–Kier alpha value is -3.29. The Morgan fingerprint density at radius 1 is 1.11 bits per heavy atom. The maximum Gasteiger partial charge on any atom is 0.230 e. The second-order valence-electron chi connectivity index (χ2n) is 6.58. The van der Waals surface area contributed by atoms with E-state index in [9.17, 15) is 4.79 Å². The van der Waals surface area contributed by atoms with Crippen LogP contribution in [-0.2, 0) is 4.79 Å². The fourth-order valence-corrected chi connectivity index (χ4v) is 3.30. The van der Waals surface area contributed by atoms with Crippen molar-refractivity contribution in [3.8, 4) is 5.82 Å². The Morgan fingerprint density at radius 3 is 2.67 bits per heavy atom. The van der Waals surface area contributed by atoms with Crippen LogP contribution in [0.25, 0.3) is 5.82 Å². The number of aromatic nitrogens is 5. The Kier molecular flexibility index (Phi) is 4.78. The first-order valence-electron chi connectivity index (χ1n) is 9.01. The summed E-state index contributed by atoms with van der Waals surface area (Å²) in [5.41, 5.74) is 0. The van der Waals surface area contributed by atoms with Gasteiger partial charge in [0.25, 0.3) is 0 Å². The van der Waals surface area contributed by atoms with E-state index in [0.717, 1.165) is 36.8 Å². The average molecular weight is 363 g/mol. The van der Waals surface area contributed by atoms with Crippen LogP contribution < -0.4 is 10.2 Å². The largest absolute Gasteiger partial charge is 0.354 e. The Balaban J connectivity index is 1.43. The summed E-state index contributed by atoms with van der Waals surface area (Å²) in [6.45, 7) is 3.41. The first-order valence-corrected chi connectivity index (χ1v) is 9.01. The van der Waals surface area contributed by atoms with Crippen LogP contribution in [0.5, 0.6) is 0 Å². The van der Waals surface area contributed by atoms with Crippen LogP contribution in [0.15, 0.2) is 48.9 Å². The van der Waals surface area contributed by atoms with Crippen LogP contribution in [0, 0.1) is 12.8 Å². The van der Waals surface area contributed by atoms with Crippen LogP contribution >= 0.6 is 0 Å². The zero-order chi connectivity index (χ0) is 18.6. The first-order chi connectivity index (χ1) is 13.2. The summed E-state index contributed by atoms with van der Waals surface area (Å²) in [7, 11) is 0. The highest BCUT2D eigenvalue weighted by Gasteiger charge is 2.27. The second-order valence-corrected chi connectivity index (χ2v) is 6.58. The zero-order valence-electron chi connectivity index (χ0n) is 15.1. The van der Waals surface area contributed by atoms with Crippen molar-refractivity contribution >= 4 is 17.5 Å². The van der Waals surface area contributed by atoms with Crippen LogP contribution in [-0.4, -0.2) is 43.7 Å². The molecule has 8 heteroatoms. The maximum atomic E-state index is 12.6. The molecule has 8 nitrogen and oxygen atoms in total. The van der Waals surface area contributed by atoms with Crippen molar-refractivity contribution in [3.63, 3.8) is 0 Å². The van der Waals surface area contributed by atoms with E-state index in [0.29, 0.717) is 12.4 Å². The molecular weight excluding hydrogens is 342 g/mol. The third-order valence-corrected chi connectivity index (χ3v) is 4.74. The van der Waals surface area contributed by atoms with E-state index in [1.165, 1.54) is 0 Å². The summed E-state index contributed by atoms with van der Waals surface area (Å²) >= 11 is 0. The standard InChI is InChI=1S/C19H21N7O/c1-14-20-10-12-26(14)18-8-7-17(23-24-18)25-11-4-5-15(13-25)19(27)22-16-6-2-3-9-21-16/h2-3,6-10,12,15H,4-5,11,13H2,1H3,(H,21,22,27). The molecule has 1 saturated heterocycles. The van der Waals surface area contributed by atoms with Crippen molar-refractivity contribution in [2.75, 3.05) is 23.3 Å². The molecule has 4 heterocycles. The molecule has 27 heavy (non-hydrogen) atoms. The van der Waals surface area contributed by atoms with Crippen molar-refractivity contribution in [2.24, 2.45) is 5.92 Å². The molecule has 3 aromatic rings. The number of hydrogen-bond acceptors (Lipinski definition) is 6. The molecule has 0 aliphatic carbocycles. The van der Waals surface area contributed by atoms with Crippen LogP contribution in [0.1, 0.15) is 18.7 Å². The number of pyridine rings is 1. The van der Waals surface area contributed by atoms with Crippen LogP contribution in [0.3, 0.4) is 0 Å². The lowest BCUT2D eigenvalue weighted by Gasteiger charge is -2.32. The Morgan fingerprint density at radius 2 is 1.96 bits per heavy atom. The molecule has 1 aliphatic heterocycles.